The summed E-state index contributed by atoms with van der Waals surface area (Å²) in [5, 5.41) is 2.61. The average molecular weight is 350 g/mol. The molecule has 1 aromatic heterocycles. The van der Waals surface area contributed by atoms with E-state index in [9.17, 15) is 9.18 Å². The van der Waals surface area contributed by atoms with E-state index in [2.05, 4.69) is 27.2 Å². The Hall–Kier alpha value is -2.25. The fourth-order valence-corrected chi connectivity index (χ4v) is 2.58. The Morgan fingerprint density at radius 1 is 1.25 bits per heavy atom. The molecule has 0 spiro atoms. The Bertz CT molecular complexity index is 749. The molecular formula is C16H17ClFN5O. The van der Waals surface area contributed by atoms with Gasteiger partial charge in [-0.1, -0.05) is 11.6 Å². The summed E-state index contributed by atoms with van der Waals surface area (Å²) in [7, 11) is 2.07. The summed E-state index contributed by atoms with van der Waals surface area (Å²) < 4.78 is 13.2. The molecule has 0 radical (unpaired) electrons. The third kappa shape index (κ3) is 3.80. The summed E-state index contributed by atoms with van der Waals surface area (Å²) in [6, 6.07) is 5.55. The van der Waals surface area contributed by atoms with Crippen LogP contribution >= 0.6 is 11.6 Å². The molecule has 0 bridgehead atoms. The van der Waals surface area contributed by atoms with Crippen molar-refractivity contribution in [3.63, 3.8) is 0 Å². The van der Waals surface area contributed by atoms with Crippen LogP contribution in [0.25, 0.3) is 0 Å². The molecule has 1 fully saturated rings. The second-order valence-corrected chi connectivity index (χ2v) is 6.02. The summed E-state index contributed by atoms with van der Waals surface area (Å²) in [6.45, 7) is 3.48. The zero-order valence-electron chi connectivity index (χ0n) is 13.2. The number of aromatic nitrogens is 2. The molecule has 1 amide bonds. The molecule has 6 nitrogen and oxygen atoms in total. The van der Waals surface area contributed by atoms with Gasteiger partial charge in [0, 0.05) is 38.1 Å². The van der Waals surface area contributed by atoms with E-state index in [0.717, 1.165) is 26.2 Å². The predicted octanol–water partition coefficient (Wildman–Crippen LogP) is 2.27. The van der Waals surface area contributed by atoms with E-state index >= 15 is 0 Å². The second-order valence-electron chi connectivity index (χ2n) is 5.62. The minimum Gasteiger partial charge on any atom is -0.338 e. The molecule has 0 aliphatic carbocycles. The molecule has 0 saturated carbocycles. The van der Waals surface area contributed by atoms with Crippen LogP contribution in [-0.2, 0) is 0 Å². The van der Waals surface area contributed by atoms with Crippen molar-refractivity contribution in [2.45, 2.75) is 0 Å². The first kappa shape index (κ1) is 16.6. The van der Waals surface area contributed by atoms with Gasteiger partial charge < -0.3 is 15.1 Å². The number of hydrogen-bond donors (Lipinski definition) is 1. The lowest BCUT2D eigenvalue weighted by molar-refractivity contribution is 0.102. The van der Waals surface area contributed by atoms with Crippen molar-refractivity contribution in [1.29, 1.82) is 0 Å². The Morgan fingerprint density at radius 3 is 2.71 bits per heavy atom. The van der Waals surface area contributed by atoms with E-state index in [1.54, 1.807) is 12.3 Å². The fourth-order valence-electron chi connectivity index (χ4n) is 2.40. The summed E-state index contributed by atoms with van der Waals surface area (Å²) in [4.78, 5) is 25.2. The van der Waals surface area contributed by atoms with E-state index in [1.807, 2.05) is 4.90 Å². The molecule has 1 aromatic carbocycles. The van der Waals surface area contributed by atoms with Gasteiger partial charge in [0.1, 0.15) is 11.5 Å². The molecule has 0 atom stereocenters. The number of anilines is 2. The first-order chi connectivity index (χ1) is 11.5. The van der Waals surface area contributed by atoms with E-state index in [4.69, 9.17) is 11.6 Å². The molecule has 1 saturated heterocycles. The zero-order chi connectivity index (χ0) is 17.1. The third-order valence-corrected chi connectivity index (χ3v) is 4.13. The van der Waals surface area contributed by atoms with Gasteiger partial charge in [0.2, 0.25) is 5.95 Å². The van der Waals surface area contributed by atoms with Crippen LogP contribution in [0.3, 0.4) is 0 Å². The highest BCUT2D eigenvalue weighted by Gasteiger charge is 2.18. The number of piperazine rings is 1. The van der Waals surface area contributed by atoms with Gasteiger partial charge in [-0.2, -0.15) is 0 Å². The van der Waals surface area contributed by atoms with Crippen LogP contribution in [0.4, 0.5) is 16.0 Å². The van der Waals surface area contributed by atoms with Gasteiger partial charge in [-0.25, -0.2) is 14.4 Å². The monoisotopic (exact) mass is 349 g/mol. The molecular weight excluding hydrogens is 333 g/mol. The lowest BCUT2D eigenvalue weighted by atomic mass is 10.3. The number of likely N-dealkylation sites (N-methyl/N-ethyl adjacent to an activating group) is 1. The first-order valence-corrected chi connectivity index (χ1v) is 7.93. The van der Waals surface area contributed by atoms with Gasteiger partial charge in [0.05, 0.1) is 5.02 Å². The number of carbonyl (C=O) groups is 1. The first-order valence-electron chi connectivity index (χ1n) is 7.56. The Labute approximate surface area is 144 Å². The van der Waals surface area contributed by atoms with Crippen LogP contribution in [-0.4, -0.2) is 54.0 Å². The van der Waals surface area contributed by atoms with Crippen LogP contribution in [0, 0.1) is 5.82 Å². The predicted molar refractivity (Wildman–Crippen MR) is 91.1 cm³/mol. The van der Waals surface area contributed by atoms with Crippen molar-refractivity contribution in [2.75, 3.05) is 43.4 Å². The highest BCUT2D eigenvalue weighted by atomic mass is 35.5. The summed E-state index contributed by atoms with van der Waals surface area (Å²) >= 11 is 5.72. The van der Waals surface area contributed by atoms with Crippen LogP contribution in [0.1, 0.15) is 10.5 Å². The molecule has 3 rings (SSSR count). The fraction of sp³-hybridized carbons (Fsp3) is 0.312. The number of nitrogens with one attached hydrogen (secondary N) is 1. The SMILES string of the molecule is CN1CCN(c2nccc(C(=O)Nc3ccc(F)c(Cl)c3)n2)CC1. The molecule has 8 heteroatoms. The quantitative estimate of drug-likeness (QED) is 0.921. The minimum atomic E-state index is -0.533. The van der Waals surface area contributed by atoms with Gasteiger partial charge in [-0.15, -0.1) is 0 Å². The van der Waals surface area contributed by atoms with Crippen molar-refractivity contribution in [2.24, 2.45) is 0 Å². The normalized spacial score (nSPS) is 15.4. The van der Waals surface area contributed by atoms with Crippen molar-refractivity contribution >= 4 is 29.1 Å². The van der Waals surface area contributed by atoms with Gasteiger partial charge in [-0.3, -0.25) is 4.79 Å². The maximum absolute atomic E-state index is 13.2. The molecule has 126 valence electrons. The topological polar surface area (TPSA) is 61.4 Å². The van der Waals surface area contributed by atoms with Gasteiger partial charge in [0.15, 0.2) is 0 Å². The number of amides is 1. The largest absolute Gasteiger partial charge is 0.338 e. The number of carbonyl (C=O) groups excluding carboxylic acids is 1. The zero-order valence-corrected chi connectivity index (χ0v) is 13.9. The van der Waals surface area contributed by atoms with Gasteiger partial charge >= 0.3 is 0 Å². The van der Waals surface area contributed by atoms with Crippen LogP contribution in [0.5, 0.6) is 0 Å². The maximum atomic E-state index is 13.2. The maximum Gasteiger partial charge on any atom is 0.274 e. The molecule has 24 heavy (non-hydrogen) atoms. The van der Waals surface area contributed by atoms with Crippen LogP contribution < -0.4 is 10.2 Å². The Balaban J connectivity index is 1.73. The standard InChI is InChI=1S/C16H17ClFN5O/c1-22-6-8-23(9-7-22)16-19-5-4-14(21-16)15(24)20-11-2-3-13(18)12(17)10-11/h2-5,10H,6-9H2,1H3,(H,20,24). The highest BCUT2D eigenvalue weighted by molar-refractivity contribution is 6.31. The lowest BCUT2D eigenvalue weighted by Crippen LogP contribution is -2.45. The van der Waals surface area contributed by atoms with E-state index < -0.39 is 11.7 Å². The molecule has 2 aromatic rings. The van der Waals surface area contributed by atoms with Crippen molar-refractivity contribution < 1.29 is 9.18 Å². The summed E-state index contributed by atoms with van der Waals surface area (Å²) in [6.07, 6.45) is 1.56. The second kappa shape index (κ2) is 7.11. The summed E-state index contributed by atoms with van der Waals surface area (Å²) in [5.74, 6) is -0.391. The number of rotatable bonds is 3. The van der Waals surface area contributed by atoms with Gasteiger partial charge in [0.25, 0.3) is 5.91 Å². The van der Waals surface area contributed by atoms with E-state index in [1.165, 1.54) is 18.2 Å². The number of benzene rings is 1. The van der Waals surface area contributed by atoms with Crippen molar-refractivity contribution in [3.05, 3.63) is 47.0 Å². The smallest absolute Gasteiger partial charge is 0.274 e. The van der Waals surface area contributed by atoms with Crippen molar-refractivity contribution in [1.82, 2.24) is 14.9 Å². The Kier molecular flexibility index (Phi) is 4.92. The van der Waals surface area contributed by atoms with Crippen LogP contribution in [0.15, 0.2) is 30.5 Å². The van der Waals surface area contributed by atoms with E-state index in [-0.39, 0.29) is 10.7 Å². The highest BCUT2D eigenvalue weighted by Crippen LogP contribution is 2.20. The summed E-state index contributed by atoms with van der Waals surface area (Å²) in [5.41, 5.74) is 0.658. The average Bonchev–Trinajstić information content (AvgIpc) is 2.59. The minimum absolute atomic E-state index is 0.0476. The molecule has 2 heterocycles. The van der Waals surface area contributed by atoms with Crippen LogP contribution in [0.2, 0.25) is 5.02 Å². The van der Waals surface area contributed by atoms with Gasteiger partial charge in [-0.05, 0) is 31.3 Å². The molecule has 1 aliphatic rings. The molecule has 0 unspecified atom stereocenters. The van der Waals surface area contributed by atoms with Crippen molar-refractivity contribution in [3.8, 4) is 0 Å². The molecule has 1 aliphatic heterocycles. The number of nitrogens with zero attached hydrogens (tertiary/aromatic N) is 4. The number of hydrogen-bond acceptors (Lipinski definition) is 5. The third-order valence-electron chi connectivity index (χ3n) is 3.84. The molecule has 1 N–H and O–H groups in total. The number of halogens is 2. The lowest BCUT2D eigenvalue weighted by Gasteiger charge is -2.32. The van der Waals surface area contributed by atoms with E-state index in [0.29, 0.717) is 11.6 Å². The Morgan fingerprint density at radius 2 is 2.00 bits per heavy atom.